The number of fused-ring (bicyclic) bond motifs is 10. The van der Waals surface area contributed by atoms with Crippen molar-refractivity contribution >= 4 is 123 Å². The smallest absolute Gasteiger partial charge is 0.240 e. The summed E-state index contributed by atoms with van der Waals surface area (Å²) in [5.41, 5.74) is 8.25. The Bertz CT molecular complexity index is 5290. The van der Waals surface area contributed by atoms with E-state index in [0.29, 0.717) is 17.7 Å². The number of hydrogen-bond acceptors (Lipinski definition) is 3. The third-order valence-electron chi connectivity index (χ3n) is 18.4. The molecule has 0 saturated heterocycles. The molecule has 418 valence electrons. The molecular formula is C81H56N6Si2. The Hall–Kier alpha value is -11.3. The highest BCUT2D eigenvalue weighted by molar-refractivity contribution is 7.20. The van der Waals surface area contributed by atoms with Crippen molar-refractivity contribution in [2.45, 2.75) is 0 Å². The van der Waals surface area contributed by atoms with Crippen LogP contribution in [0.25, 0.3) is 94.4 Å². The van der Waals surface area contributed by atoms with Crippen molar-refractivity contribution in [2.75, 3.05) is 0 Å². The first-order chi connectivity index (χ1) is 44.2. The number of para-hydroxylation sites is 4. The molecular weight excluding hydrogens is 1110 g/mol. The lowest BCUT2D eigenvalue weighted by atomic mass is 10.1. The molecule has 8 heteroatoms. The summed E-state index contributed by atoms with van der Waals surface area (Å²) < 4.78 is 7.03. The highest BCUT2D eigenvalue weighted by Gasteiger charge is 2.43. The summed E-state index contributed by atoms with van der Waals surface area (Å²) in [5, 5.41) is 17.0. The van der Waals surface area contributed by atoms with Crippen molar-refractivity contribution in [1.29, 1.82) is 0 Å². The van der Waals surface area contributed by atoms with Crippen LogP contribution in [0.3, 0.4) is 0 Å². The van der Waals surface area contributed by atoms with Crippen LogP contribution < -0.4 is 41.5 Å². The second-order valence-corrected chi connectivity index (χ2v) is 30.6. The molecule has 0 fully saturated rings. The quantitative estimate of drug-likeness (QED) is 0.0905. The van der Waals surface area contributed by atoms with E-state index in [2.05, 4.69) is 353 Å². The Balaban J connectivity index is 1.00. The van der Waals surface area contributed by atoms with Crippen LogP contribution in [0.2, 0.25) is 0 Å². The number of hydrogen-bond donors (Lipinski definition) is 0. The molecule has 0 atom stereocenters. The van der Waals surface area contributed by atoms with Crippen LogP contribution in [0.15, 0.2) is 340 Å². The molecule has 6 nitrogen and oxygen atoms in total. The molecule has 17 aromatic rings. The first-order valence-electron chi connectivity index (χ1n) is 30.4. The Labute approximate surface area is 517 Å². The first kappa shape index (κ1) is 52.1. The zero-order valence-electron chi connectivity index (χ0n) is 48.5. The summed E-state index contributed by atoms with van der Waals surface area (Å²) >= 11 is 0. The topological polar surface area (TPSA) is 53.5 Å². The normalized spacial score (nSPS) is 12.0. The van der Waals surface area contributed by atoms with Gasteiger partial charge in [-0.05, 0) is 84.0 Å². The van der Waals surface area contributed by atoms with Crippen molar-refractivity contribution in [1.82, 2.24) is 28.7 Å². The van der Waals surface area contributed by atoms with E-state index >= 15 is 0 Å². The SMILES string of the molecule is c1ccc(-n2c3ccccc3c3c2ccc2c4ccccc4n(-c4nc(-c5cccc([Si](c6ccccc6)(c6ccccc6)c6ccccc6)c5)nc(-n5c6ccccc6c6ccc([Si](c7ccccc7)(c7ccccc7)c7ccccc7)cc65)n4)c23)cc1. The van der Waals surface area contributed by atoms with E-state index in [0.717, 1.165) is 76.7 Å². The van der Waals surface area contributed by atoms with Crippen LogP contribution >= 0.6 is 0 Å². The maximum Gasteiger partial charge on any atom is 0.240 e. The van der Waals surface area contributed by atoms with Gasteiger partial charge in [0.25, 0.3) is 0 Å². The largest absolute Gasteiger partial charge is 0.309 e. The predicted octanol–water partition coefficient (Wildman–Crippen LogP) is 13.6. The monoisotopic (exact) mass is 1170 g/mol. The lowest BCUT2D eigenvalue weighted by Crippen LogP contribution is -2.74. The number of benzene rings is 13. The van der Waals surface area contributed by atoms with Gasteiger partial charge >= 0.3 is 0 Å². The molecule has 0 spiro atoms. The van der Waals surface area contributed by atoms with Crippen LogP contribution in [-0.2, 0) is 0 Å². The van der Waals surface area contributed by atoms with Gasteiger partial charge in [0.1, 0.15) is 0 Å². The molecule has 0 aliphatic carbocycles. The van der Waals surface area contributed by atoms with Gasteiger partial charge in [0, 0.05) is 43.6 Å². The summed E-state index contributed by atoms with van der Waals surface area (Å²) in [7, 11) is -6.03. The van der Waals surface area contributed by atoms with Crippen molar-refractivity contribution in [3.63, 3.8) is 0 Å². The molecule has 13 aromatic carbocycles. The minimum atomic E-state index is -3.02. The van der Waals surface area contributed by atoms with Gasteiger partial charge in [-0.2, -0.15) is 15.0 Å². The molecule has 0 N–H and O–H groups in total. The summed E-state index contributed by atoms with van der Waals surface area (Å²) in [5.74, 6) is 1.61. The number of nitrogens with zero attached hydrogens (tertiary/aromatic N) is 6. The molecule has 0 aliphatic heterocycles. The van der Waals surface area contributed by atoms with E-state index < -0.39 is 16.1 Å². The number of aromatic nitrogens is 6. The molecule has 4 aromatic heterocycles. The van der Waals surface area contributed by atoms with Gasteiger partial charge in [-0.1, -0.05) is 297 Å². The van der Waals surface area contributed by atoms with Crippen molar-refractivity contribution in [2.24, 2.45) is 0 Å². The lowest BCUT2D eigenvalue weighted by Gasteiger charge is -2.34. The predicted molar refractivity (Wildman–Crippen MR) is 376 cm³/mol. The molecule has 0 unspecified atom stereocenters. The van der Waals surface area contributed by atoms with Gasteiger partial charge in [0.05, 0.1) is 33.1 Å². The zero-order chi connectivity index (χ0) is 58.9. The van der Waals surface area contributed by atoms with E-state index in [4.69, 9.17) is 15.0 Å². The molecule has 0 radical (unpaired) electrons. The Kier molecular flexibility index (Phi) is 12.5. The van der Waals surface area contributed by atoms with E-state index in [1.165, 1.54) is 41.5 Å². The number of rotatable bonds is 12. The zero-order valence-corrected chi connectivity index (χ0v) is 50.5. The third-order valence-corrected chi connectivity index (χ3v) is 27.9. The lowest BCUT2D eigenvalue weighted by molar-refractivity contribution is 0.894. The summed E-state index contributed by atoms with van der Waals surface area (Å²) in [6.07, 6.45) is 0. The summed E-state index contributed by atoms with van der Waals surface area (Å²) in [4.78, 5) is 17.6. The van der Waals surface area contributed by atoms with E-state index in [1.54, 1.807) is 0 Å². The van der Waals surface area contributed by atoms with Crippen LogP contribution in [0.4, 0.5) is 0 Å². The minimum Gasteiger partial charge on any atom is -0.309 e. The van der Waals surface area contributed by atoms with Crippen molar-refractivity contribution < 1.29 is 0 Å². The molecule has 0 aliphatic rings. The summed E-state index contributed by atoms with van der Waals surface area (Å²) in [6.45, 7) is 0. The average Bonchev–Trinajstić information content (AvgIpc) is 1.65. The third kappa shape index (κ3) is 8.11. The summed E-state index contributed by atoms with van der Waals surface area (Å²) in [6, 6.07) is 125. The Morgan fingerprint density at radius 1 is 0.225 bits per heavy atom. The molecule has 4 heterocycles. The fourth-order valence-electron chi connectivity index (χ4n) is 14.7. The fraction of sp³-hybridized carbons (Fsp3) is 0. The second-order valence-electron chi connectivity index (χ2n) is 23.0. The second kappa shape index (κ2) is 21.3. The van der Waals surface area contributed by atoms with Crippen LogP contribution in [0, 0.1) is 0 Å². The molecule has 0 amide bonds. The van der Waals surface area contributed by atoms with Gasteiger partial charge in [-0.3, -0.25) is 9.13 Å². The van der Waals surface area contributed by atoms with E-state index in [9.17, 15) is 0 Å². The van der Waals surface area contributed by atoms with Gasteiger partial charge < -0.3 is 4.57 Å². The molecule has 0 saturated carbocycles. The van der Waals surface area contributed by atoms with Gasteiger partial charge in [0.15, 0.2) is 22.0 Å². The van der Waals surface area contributed by atoms with Crippen molar-refractivity contribution in [3.05, 3.63) is 340 Å². The standard InChI is InChI=1S/C81H56N6Si2/c1-8-30-58(31-9-1)85-74-50-27-24-47-71(74)77-75(85)54-53-70-68-46-23-26-49-73(68)87(78(70)77)81-83-79(57-29-28-44-65(55-57)88(59-32-10-2-11-33-59,60-34-12-3-13-35-60)61-36-14-4-15-37-61)82-80(84-81)86-72-48-25-22-45-67(72)69-52-51-66(56-76(69)86)89(62-38-16-5-17-39-62,63-40-18-6-19-41-63)64-42-20-7-21-43-64/h1-56H. The van der Waals surface area contributed by atoms with Gasteiger partial charge in [0.2, 0.25) is 11.9 Å². The highest BCUT2D eigenvalue weighted by atomic mass is 28.3. The first-order valence-corrected chi connectivity index (χ1v) is 34.4. The molecule has 17 rings (SSSR count). The minimum absolute atomic E-state index is 0.520. The molecule has 0 bridgehead atoms. The molecule has 89 heavy (non-hydrogen) atoms. The van der Waals surface area contributed by atoms with E-state index in [-0.39, 0.29) is 0 Å². The van der Waals surface area contributed by atoms with Crippen LogP contribution in [0.5, 0.6) is 0 Å². The Morgan fingerprint density at radius 3 is 1.10 bits per heavy atom. The maximum absolute atomic E-state index is 5.89. The van der Waals surface area contributed by atoms with E-state index in [1.807, 2.05) is 0 Å². The Morgan fingerprint density at radius 2 is 0.596 bits per heavy atom. The van der Waals surface area contributed by atoms with Crippen LogP contribution in [-0.4, -0.2) is 44.8 Å². The maximum atomic E-state index is 5.89. The fourth-order valence-corrected chi connectivity index (χ4v) is 24.3. The van der Waals surface area contributed by atoms with Gasteiger partial charge in [-0.15, -0.1) is 0 Å². The average molecular weight is 1170 g/mol. The van der Waals surface area contributed by atoms with Crippen LogP contribution in [0.1, 0.15) is 0 Å². The van der Waals surface area contributed by atoms with Gasteiger partial charge in [-0.25, -0.2) is 0 Å². The van der Waals surface area contributed by atoms with Crippen molar-refractivity contribution in [3.8, 4) is 29.0 Å². The highest BCUT2D eigenvalue weighted by Crippen LogP contribution is 2.42.